The fourth-order valence-corrected chi connectivity index (χ4v) is 4.27. The van der Waals surface area contributed by atoms with Gasteiger partial charge in [0.25, 0.3) is 0 Å². The lowest BCUT2D eigenvalue weighted by atomic mass is 9.96. The number of rotatable bonds is 12. The van der Waals surface area contributed by atoms with Crippen LogP contribution in [0.15, 0.2) is 42.5 Å². The molecule has 0 saturated carbocycles. The minimum atomic E-state index is -1.06. The maximum absolute atomic E-state index is 14.4. The summed E-state index contributed by atoms with van der Waals surface area (Å²) in [7, 11) is 0. The molecule has 40 heavy (non-hydrogen) atoms. The number of aromatic hydroxyl groups is 2. The number of phenolic OH excluding ortho intramolecular Hbond substituents is 2. The van der Waals surface area contributed by atoms with Gasteiger partial charge in [0.05, 0.1) is 0 Å². The Morgan fingerprint density at radius 1 is 1.02 bits per heavy atom. The molecule has 0 aliphatic rings. The average Bonchev–Trinajstić information content (AvgIpc) is 2.88. The molecule has 220 valence electrons. The monoisotopic (exact) mass is 555 g/mol. The summed E-state index contributed by atoms with van der Waals surface area (Å²) >= 11 is 0. The van der Waals surface area contributed by atoms with E-state index in [0.29, 0.717) is 29.7 Å². The number of unbranched alkanes of at least 4 members (excludes halogenated alkanes) is 1. The Hall–Kier alpha value is -3.75. The van der Waals surface area contributed by atoms with Crippen LogP contribution >= 0.6 is 0 Å². The van der Waals surface area contributed by atoms with Crippen LogP contribution in [0.2, 0.25) is 0 Å². The van der Waals surface area contributed by atoms with Crippen molar-refractivity contribution in [1.29, 1.82) is 0 Å². The van der Waals surface area contributed by atoms with E-state index in [1.54, 1.807) is 52.0 Å². The van der Waals surface area contributed by atoms with E-state index in [0.717, 1.165) is 12.8 Å². The van der Waals surface area contributed by atoms with Crippen LogP contribution in [-0.4, -0.2) is 57.3 Å². The van der Waals surface area contributed by atoms with Gasteiger partial charge >= 0.3 is 6.09 Å². The minimum Gasteiger partial charge on any atom is -0.508 e. The van der Waals surface area contributed by atoms with E-state index >= 15 is 0 Å². The van der Waals surface area contributed by atoms with Gasteiger partial charge in [0.2, 0.25) is 11.8 Å². The molecule has 3 unspecified atom stereocenters. The van der Waals surface area contributed by atoms with E-state index in [2.05, 4.69) is 10.6 Å². The summed E-state index contributed by atoms with van der Waals surface area (Å²) in [6, 6.07) is 8.83. The van der Waals surface area contributed by atoms with Crippen molar-refractivity contribution in [2.75, 3.05) is 6.54 Å². The van der Waals surface area contributed by atoms with Crippen molar-refractivity contribution in [1.82, 2.24) is 15.5 Å². The lowest BCUT2D eigenvalue weighted by Gasteiger charge is -2.38. The van der Waals surface area contributed by atoms with Crippen molar-refractivity contribution in [3.05, 3.63) is 59.2 Å². The number of alkyl carbamates (subject to hydrolysis) is 1. The summed E-state index contributed by atoms with van der Waals surface area (Å²) in [6.45, 7) is 13.2. The lowest BCUT2D eigenvalue weighted by molar-refractivity contribution is -0.145. The van der Waals surface area contributed by atoms with E-state index in [4.69, 9.17) is 4.74 Å². The third-order valence-electron chi connectivity index (χ3n) is 6.58. The number of carbonyl (C=O) groups is 3. The van der Waals surface area contributed by atoms with E-state index in [1.807, 2.05) is 20.8 Å². The predicted molar refractivity (Wildman–Crippen MR) is 155 cm³/mol. The third kappa shape index (κ3) is 9.47. The first-order valence-electron chi connectivity index (χ1n) is 13.9. The maximum Gasteiger partial charge on any atom is 0.408 e. The van der Waals surface area contributed by atoms with E-state index < -0.39 is 29.7 Å². The third-order valence-corrected chi connectivity index (χ3v) is 6.58. The molecule has 9 nitrogen and oxygen atoms in total. The van der Waals surface area contributed by atoms with Crippen molar-refractivity contribution in [2.45, 2.75) is 97.9 Å². The summed E-state index contributed by atoms with van der Waals surface area (Å²) in [5, 5.41) is 25.6. The van der Waals surface area contributed by atoms with Crippen LogP contribution in [0.25, 0.3) is 0 Å². The number of benzene rings is 2. The van der Waals surface area contributed by atoms with Crippen LogP contribution in [-0.2, 0) is 20.7 Å². The van der Waals surface area contributed by atoms with Crippen molar-refractivity contribution in [2.24, 2.45) is 0 Å². The zero-order valence-corrected chi connectivity index (χ0v) is 24.8. The molecular formula is C31H45N3O6. The lowest BCUT2D eigenvalue weighted by Crippen LogP contribution is -2.56. The molecule has 2 aromatic carbocycles. The molecular weight excluding hydrogens is 510 g/mol. The van der Waals surface area contributed by atoms with Gasteiger partial charge in [0.15, 0.2) is 0 Å². The molecule has 3 atom stereocenters. The summed E-state index contributed by atoms with van der Waals surface area (Å²) in [4.78, 5) is 42.5. The second-order valence-corrected chi connectivity index (χ2v) is 11.2. The zero-order valence-electron chi connectivity index (χ0n) is 24.8. The number of hydrogen-bond acceptors (Lipinski definition) is 6. The summed E-state index contributed by atoms with van der Waals surface area (Å²) in [5.74, 6) is -0.617. The first-order valence-corrected chi connectivity index (χ1v) is 13.9. The molecule has 2 aromatic rings. The Balaban J connectivity index is 2.59. The van der Waals surface area contributed by atoms with Gasteiger partial charge in [-0.2, -0.15) is 0 Å². The topological polar surface area (TPSA) is 128 Å². The molecule has 2 rings (SSSR count). The number of carbonyl (C=O) groups excluding carboxylic acids is 3. The Morgan fingerprint density at radius 3 is 2.23 bits per heavy atom. The van der Waals surface area contributed by atoms with Gasteiger partial charge in [-0.25, -0.2) is 4.79 Å². The molecule has 3 amide bonds. The molecule has 0 spiro atoms. The number of aryl methyl sites for hydroxylation is 1. The van der Waals surface area contributed by atoms with Gasteiger partial charge in [-0.15, -0.1) is 0 Å². The first-order chi connectivity index (χ1) is 18.8. The van der Waals surface area contributed by atoms with Crippen LogP contribution in [0.5, 0.6) is 11.5 Å². The number of nitrogens with zero attached hydrogens (tertiary/aromatic N) is 1. The molecule has 0 aliphatic carbocycles. The largest absolute Gasteiger partial charge is 0.508 e. The number of ether oxygens (including phenoxy) is 1. The quantitative estimate of drug-likeness (QED) is 0.269. The zero-order chi connectivity index (χ0) is 30.0. The number of amides is 3. The van der Waals surface area contributed by atoms with Gasteiger partial charge in [0, 0.05) is 19.0 Å². The number of hydrogen-bond donors (Lipinski definition) is 4. The normalized spacial score (nSPS) is 13.6. The molecule has 0 aromatic heterocycles. The Morgan fingerprint density at radius 2 is 1.68 bits per heavy atom. The Labute approximate surface area is 237 Å². The fraction of sp³-hybridized carbons (Fsp3) is 0.516. The van der Waals surface area contributed by atoms with E-state index in [9.17, 15) is 24.6 Å². The summed E-state index contributed by atoms with van der Waals surface area (Å²) < 4.78 is 5.46. The van der Waals surface area contributed by atoms with Crippen LogP contribution in [0.1, 0.15) is 83.5 Å². The van der Waals surface area contributed by atoms with Crippen molar-refractivity contribution < 1.29 is 29.3 Å². The SMILES string of the molecule is CCCCNC(=O)C(c1ccc(O)c(C)c1)N(C(=O)C(Cc1ccc(O)cc1)NC(=O)OC(C)(C)C)C(C)CC. The molecule has 0 saturated heterocycles. The first kappa shape index (κ1) is 32.5. The molecule has 4 N–H and O–H groups in total. The molecule has 0 heterocycles. The number of nitrogens with one attached hydrogen (secondary N) is 2. The predicted octanol–water partition coefficient (Wildman–Crippen LogP) is 5.13. The molecule has 0 fully saturated rings. The van der Waals surface area contributed by atoms with E-state index in [1.165, 1.54) is 23.1 Å². The van der Waals surface area contributed by atoms with Crippen molar-refractivity contribution in [3.8, 4) is 11.5 Å². The summed E-state index contributed by atoms with van der Waals surface area (Å²) in [6.07, 6.45) is 1.60. The van der Waals surface area contributed by atoms with Gasteiger partial charge in [-0.1, -0.05) is 38.5 Å². The molecule has 9 heteroatoms. The fourth-order valence-electron chi connectivity index (χ4n) is 4.27. The highest BCUT2D eigenvalue weighted by Crippen LogP contribution is 2.30. The van der Waals surface area contributed by atoms with Gasteiger partial charge in [-0.3, -0.25) is 9.59 Å². The second-order valence-electron chi connectivity index (χ2n) is 11.2. The van der Waals surface area contributed by atoms with Crippen LogP contribution < -0.4 is 10.6 Å². The molecule has 0 bridgehead atoms. The second kappa shape index (κ2) is 14.6. The minimum absolute atomic E-state index is 0.0828. The average molecular weight is 556 g/mol. The maximum atomic E-state index is 14.4. The van der Waals surface area contributed by atoms with Gasteiger partial charge in [-0.05, 0) is 88.4 Å². The highest BCUT2D eigenvalue weighted by molar-refractivity contribution is 5.92. The highest BCUT2D eigenvalue weighted by atomic mass is 16.6. The highest BCUT2D eigenvalue weighted by Gasteiger charge is 2.38. The number of phenols is 2. The molecule has 0 aliphatic heterocycles. The van der Waals surface area contributed by atoms with Gasteiger partial charge < -0.3 is 30.5 Å². The van der Waals surface area contributed by atoms with Crippen LogP contribution in [0.3, 0.4) is 0 Å². The Bertz CT molecular complexity index is 1140. The smallest absolute Gasteiger partial charge is 0.408 e. The van der Waals surface area contributed by atoms with Crippen molar-refractivity contribution in [3.63, 3.8) is 0 Å². The van der Waals surface area contributed by atoms with Crippen LogP contribution in [0.4, 0.5) is 4.79 Å². The molecule has 0 radical (unpaired) electrons. The van der Waals surface area contributed by atoms with E-state index in [-0.39, 0.29) is 29.9 Å². The van der Waals surface area contributed by atoms with Crippen molar-refractivity contribution >= 4 is 17.9 Å². The van der Waals surface area contributed by atoms with Crippen LogP contribution in [0, 0.1) is 6.92 Å². The Kier molecular flexibility index (Phi) is 11.8. The van der Waals surface area contributed by atoms with Gasteiger partial charge in [0.1, 0.15) is 29.2 Å². The standard InChI is InChI=1S/C31H45N3O6/c1-8-10-17-32-28(37)27(23-13-16-26(36)20(3)18-23)34(21(4)9-2)29(38)25(33-30(39)40-31(5,6)7)19-22-11-14-24(35)15-12-22/h11-16,18,21,25,27,35-36H,8-10,17,19H2,1-7H3,(H,32,37)(H,33,39). The summed E-state index contributed by atoms with van der Waals surface area (Å²) in [5.41, 5.74) is 1.06.